The van der Waals surface area contributed by atoms with Crippen LogP contribution in [0.4, 0.5) is 4.39 Å². The van der Waals surface area contributed by atoms with Crippen LogP contribution in [0.1, 0.15) is 35.6 Å². The molecule has 2 N–H and O–H groups in total. The summed E-state index contributed by atoms with van der Waals surface area (Å²) in [5.74, 6) is 0.151. The highest BCUT2D eigenvalue weighted by molar-refractivity contribution is 6.04. The Hall–Kier alpha value is -4.06. The summed E-state index contributed by atoms with van der Waals surface area (Å²) in [6.45, 7) is 2.40. The van der Waals surface area contributed by atoms with Gasteiger partial charge in [0.25, 0.3) is 0 Å². The third kappa shape index (κ3) is 5.22. The Morgan fingerprint density at radius 3 is 2.31 bits per heavy atom. The van der Waals surface area contributed by atoms with Crippen molar-refractivity contribution >= 4 is 17.1 Å². The van der Waals surface area contributed by atoms with E-state index in [9.17, 15) is 14.3 Å². The van der Waals surface area contributed by atoms with Crippen LogP contribution < -0.4 is 14.8 Å². The standard InChI is InChI=1S/C29H28FNO4/c1-18-22(11-9-20-13-26(34-2)29(33)27(14-20)35-3)23-12-10-21(30)15-25(23)24(18)16-28(32)31-17-19-7-5-4-6-8-19/h4-8,10-15,33H,9,16-17H2,1-3H3,(H,31,32)/b22-11-. The van der Waals surface area contributed by atoms with Crippen LogP contribution in [-0.2, 0) is 17.8 Å². The molecule has 0 aromatic heterocycles. The summed E-state index contributed by atoms with van der Waals surface area (Å²) >= 11 is 0. The molecule has 0 radical (unpaired) electrons. The first-order valence-corrected chi connectivity index (χ1v) is 11.4. The Morgan fingerprint density at radius 2 is 1.66 bits per heavy atom. The minimum absolute atomic E-state index is 0.0482. The van der Waals surface area contributed by atoms with Gasteiger partial charge in [0.1, 0.15) is 5.82 Å². The topological polar surface area (TPSA) is 67.8 Å². The maximum Gasteiger partial charge on any atom is 0.224 e. The number of carbonyl (C=O) groups excluding carboxylic acids is 1. The van der Waals surface area contributed by atoms with Crippen LogP contribution >= 0.6 is 0 Å². The Bertz CT molecular complexity index is 1290. The summed E-state index contributed by atoms with van der Waals surface area (Å²) < 4.78 is 24.7. The van der Waals surface area contributed by atoms with Gasteiger partial charge in [-0.15, -0.1) is 0 Å². The average Bonchev–Trinajstić information content (AvgIpc) is 3.12. The second-order valence-corrected chi connectivity index (χ2v) is 8.40. The molecule has 0 bridgehead atoms. The van der Waals surface area contributed by atoms with Crippen LogP contribution in [0, 0.1) is 5.82 Å². The first-order chi connectivity index (χ1) is 16.9. The molecule has 5 nitrogen and oxygen atoms in total. The van der Waals surface area contributed by atoms with Crippen LogP contribution in [0.5, 0.6) is 17.2 Å². The number of phenolic OH excluding ortho intramolecular Hbond substituents is 1. The molecule has 1 amide bonds. The summed E-state index contributed by atoms with van der Waals surface area (Å²) in [6.07, 6.45) is 2.74. The van der Waals surface area contributed by atoms with E-state index < -0.39 is 0 Å². The van der Waals surface area contributed by atoms with Crippen molar-refractivity contribution in [1.29, 1.82) is 0 Å². The Kier molecular flexibility index (Phi) is 7.20. The number of hydrogen-bond acceptors (Lipinski definition) is 4. The number of ether oxygens (including phenoxy) is 2. The van der Waals surface area contributed by atoms with Gasteiger partial charge in [-0.3, -0.25) is 4.79 Å². The number of hydrogen-bond donors (Lipinski definition) is 2. The van der Waals surface area contributed by atoms with Gasteiger partial charge < -0.3 is 19.9 Å². The van der Waals surface area contributed by atoms with Crippen molar-refractivity contribution in [3.8, 4) is 17.2 Å². The summed E-state index contributed by atoms with van der Waals surface area (Å²) in [5.41, 5.74) is 6.25. The third-order valence-corrected chi connectivity index (χ3v) is 6.20. The zero-order valence-corrected chi connectivity index (χ0v) is 20.0. The Labute approximate surface area is 204 Å². The molecule has 0 atom stereocenters. The summed E-state index contributed by atoms with van der Waals surface area (Å²) in [6, 6.07) is 17.9. The predicted octanol–water partition coefficient (Wildman–Crippen LogP) is 5.67. The molecular weight excluding hydrogens is 445 g/mol. The number of amides is 1. The Balaban J connectivity index is 1.60. The first kappa shape index (κ1) is 24.1. The molecule has 0 fully saturated rings. The third-order valence-electron chi connectivity index (χ3n) is 6.20. The highest BCUT2D eigenvalue weighted by atomic mass is 19.1. The van der Waals surface area contributed by atoms with E-state index in [4.69, 9.17) is 9.47 Å². The normalized spacial score (nSPS) is 13.7. The monoisotopic (exact) mass is 473 g/mol. The molecule has 0 unspecified atom stereocenters. The van der Waals surface area contributed by atoms with Crippen LogP contribution in [0.2, 0.25) is 0 Å². The number of nitrogens with one attached hydrogen (secondary N) is 1. The largest absolute Gasteiger partial charge is 0.502 e. The van der Waals surface area contributed by atoms with Crippen molar-refractivity contribution in [1.82, 2.24) is 5.32 Å². The van der Waals surface area contributed by atoms with Gasteiger partial charge in [-0.25, -0.2) is 4.39 Å². The van der Waals surface area contributed by atoms with Gasteiger partial charge in [0, 0.05) is 6.54 Å². The molecule has 0 heterocycles. The maximum absolute atomic E-state index is 14.2. The lowest BCUT2D eigenvalue weighted by Gasteiger charge is -2.11. The highest BCUT2D eigenvalue weighted by Gasteiger charge is 2.25. The van der Waals surface area contributed by atoms with Crippen molar-refractivity contribution < 1.29 is 23.8 Å². The molecule has 0 aliphatic heterocycles. The number of allylic oxidation sites excluding steroid dienone is 3. The second-order valence-electron chi connectivity index (χ2n) is 8.40. The molecule has 35 heavy (non-hydrogen) atoms. The number of halogens is 1. The number of rotatable bonds is 8. The van der Waals surface area contributed by atoms with Crippen LogP contribution in [0.3, 0.4) is 0 Å². The van der Waals surface area contributed by atoms with Crippen LogP contribution in [0.25, 0.3) is 11.1 Å². The lowest BCUT2D eigenvalue weighted by molar-refractivity contribution is -0.120. The lowest BCUT2D eigenvalue weighted by atomic mass is 10.00. The van der Waals surface area contributed by atoms with Crippen molar-refractivity contribution in [3.05, 3.63) is 100 Å². The fourth-order valence-electron chi connectivity index (χ4n) is 4.36. The maximum atomic E-state index is 14.2. The van der Waals surface area contributed by atoms with Crippen molar-refractivity contribution in [2.75, 3.05) is 14.2 Å². The molecule has 0 saturated carbocycles. The van der Waals surface area contributed by atoms with Gasteiger partial charge in [0.15, 0.2) is 11.5 Å². The molecule has 1 aliphatic rings. The number of fused-ring (bicyclic) bond motifs is 1. The summed E-state index contributed by atoms with van der Waals surface area (Å²) in [5, 5.41) is 13.1. The molecule has 3 aromatic rings. The van der Waals surface area contributed by atoms with E-state index in [-0.39, 0.29) is 23.9 Å². The molecule has 3 aromatic carbocycles. The van der Waals surface area contributed by atoms with E-state index in [1.165, 1.54) is 26.4 Å². The second kappa shape index (κ2) is 10.5. The number of phenols is 1. The SMILES string of the molecule is COc1cc(C/C=C2/C(C)=C(CC(=O)NCc3ccccc3)c3cc(F)ccc32)cc(OC)c1O. The minimum atomic E-state index is -0.340. The molecule has 180 valence electrons. The quantitative estimate of drug-likeness (QED) is 0.443. The number of methoxy groups -OCH3 is 2. The number of carbonyl (C=O) groups is 1. The van der Waals surface area contributed by atoms with Crippen molar-refractivity contribution in [2.45, 2.75) is 26.3 Å². The molecule has 1 aliphatic carbocycles. The fourth-order valence-corrected chi connectivity index (χ4v) is 4.36. The number of benzene rings is 3. The number of aromatic hydroxyl groups is 1. The zero-order chi connectivity index (χ0) is 24.9. The molecule has 6 heteroatoms. The van der Waals surface area contributed by atoms with Gasteiger partial charge in [-0.05, 0) is 76.6 Å². The van der Waals surface area contributed by atoms with Gasteiger partial charge in [0.2, 0.25) is 11.7 Å². The average molecular weight is 474 g/mol. The summed E-state index contributed by atoms with van der Waals surface area (Å²) in [7, 11) is 2.97. The van der Waals surface area contributed by atoms with E-state index in [1.807, 2.05) is 43.3 Å². The highest BCUT2D eigenvalue weighted by Crippen LogP contribution is 2.43. The predicted molar refractivity (Wildman–Crippen MR) is 135 cm³/mol. The zero-order valence-electron chi connectivity index (χ0n) is 20.0. The van der Waals surface area contributed by atoms with Crippen molar-refractivity contribution in [2.24, 2.45) is 0 Å². The minimum Gasteiger partial charge on any atom is -0.502 e. The molecule has 0 saturated heterocycles. The molecular formula is C29H28FNO4. The van der Waals surface area contributed by atoms with E-state index in [1.54, 1.807) is 18.2 Å². The Morgan fingerprint density at radius 1 is 0.971 bits per heavy atom. The van der Waals surface area contributed by atoms with E-state index in [0.717, 1.165) is 39.0 Å². The summed E-state index contributed by atoms with van der Waals surface area (Å²) in [4.78, 5) is 12.8. The lowest BCUT2D eigenvalue weighted by Crippen LogP contribution is -2.22. The van der Waals surface area contributed by atoms with Crippen LogP contribution in [0.15, 0.2) is 72.3 Å². The molecule has 4 rings (SSSR count). The van der Waals surface area contributed by atoms with E-state index in [0.29, 0.717) is 24.5 Å². The van der Waals surface area contributed by atoms with Crippen LogP contribution in [-0.4, -0.2) is 25.2 Å². The van der Waals surface area contributed by atoms with Gasteiger partial charge in [-0.2, -0.15) is 0 Å². The first-order valence-electron chi connectivity index (χ1n) is 11.4. The smallest absolute Gasteiger partial charge is 0.224 e. The molecule has 0 spiro atoms. The van der Waals surface area contributed by atoms with Gasteiger partial charge in [0.05, 0.1) is 20.6 Å². The van der Waals surface area contributed by atoms with Crippen molar-refractivity contribution in [3.63, 3.8) is 0 Å². The fraction of sp³-hybridized carbons (Fsp3) is 0.207. The van der Waals surface area contributed by atoms with Gasteiger partial charge >= 0.3 is 0 Å². The van der Waals surface area contributed by atoms with Gasteiger partial charge in [-0.1, -0.05) is 42.5 Å². The van der Waals surface area contributed by atoms with E-state index in [2.05, 4.69) is 5.32 Å². The van der Waals surface area contributed by atoms with E-state index >= 15 is 0 Å².